The van der Waals surface area contributed by atoms with Crippen LogP contribution < -0.4 is 0 Å². The van der Waals surface area contributed by atoms with Crippen LogP contribution >= 0.6 is 0 Å². The Morgan fingerprint density at radius 1 is 1.38 bits per heavy atom. The fraction of sp³-hybridized carbons (Fsp3) is 0.286. The monoisotopic (exact) mass is 311 g/mol. The average Bonchev–Trinajstić information content (AvgIpc) is 2.36. The molecule has 0 unspecified atom stereocenters. The summed E-state index contributed by atoms with van der Waals surface area (Å²) in [6, 6.07) is 4.21. The second kappa shape index (κ2) is 6.53. The van der Waals surface area contributed by atoms with Crippen molar-refractivity contribution in [2.24, 2.45) is 0 Å². The van der Waals surface area contributed by atoms with Gasteiger partial charge in [0.1, 0.15) is 6.54 Å². The molecule has 21 heavy (non-hydrogen) atoms. The zero-order chi connectivity index (χ0) is 16.2. The molecule has 0 bridgehead atoms. The van der Waals surface area contributed by atoms with Gasteiger partial charge in [-0.1, -0.05) is 12.1 Å². The van der Waals surface area contributed by atoms with Gasteiger partial charge in [-0.25, -0.2) is 8.42 Å². The van der Waals surface area contributed by atoms with E-state index in [1.807, 2.05) is 0 Å². The maximum absolute atomic E-state index is 12.4. The van der Waals surface area contributed by atoms with Crippen LogP contribution in [0.2, 0.25) is 0 Å². The SMILES string of the molecule is C=CCN(CC(=O)O)C(=O)c1cc(S(C)(=O)=O)ccc1C. The van der Waals surface area contributed by atoms with Crippen molar-refractivity contribution in [2.75, 3.05) is 19.3 Å². The number of aryl methyl sites for hydroxylation is 1. The Labute approximate surface area is 123 Å². The molecule has 1 aromatic rings. The van der Waals surface area contributed by atoms with Gasteiger partial charge in [0, 0.05) is 18.4 Å². The molecule has 0 saturated carbocycles. The predicted octanol–water partition coefficient (Wildman–Crippen LogP) is 1.11. The van der Waals surface area contributed by atoms with Gasteiger partial charge in [-0.15, -0.1) is 6.58 Å². The van der Waals surface area contributed by atoms with E-state index in [2.05, 4.69) is 6.58 Å². The first-order valence-corrected chi connectivity index (χ1v) is 7.98. The Kier molecular flexibility index (Phi) is 5.26. The molecule has 0 atom stereocenters. The quantitative estimate of drug-likeness (QED) is 0.795. The normalized spacial score (nSPS) is 11.0. The van der Waals surface area contributed by atoms with E-state index in [0.717, 1.165) is 11.2 Å². The third-order valence-corrected chi connectivity index (χ3v) is 3.94. The summed E-state index contributed by atoms with van der Waals surface area (Å²) in [5.74, 6) is -1.69. The molecule has 6 nitrogen and oxygen atoms in total. The van der Waals surface area contributed by atoms with Gasteiger partial charge in [0.2, 0.25) is 0 Å². The third-order valence-electron chi connectivity index (χ3n) is 2.83. The average molecular weight is 311 g/mol. The molecule has 1 amide bonds. The summed E-state index contributed by atoms with van der Waals surface area (Å²) < 4.78 is 23.1. The van der Waals surface area contributed by atoms with Crippen LogP contribution in [-0.2, 0) is 14.6 Å². The molecular weight excluding hydrogens is 294 g/mol. The molecular formula is C14H17NO5S. The summed E-state index contributed by atoms with van der Waals surface area (Å²) in [6.07, 6.45) is 2.46. The maximum atomic E-state index is 12.4. The lowest BCUT2D eigenvalue weighted by molar-refractivity contribution is -0.137. The molecule has 0 aliphatic rings. The van der Waals surface area contributed by atoms with Crippen LogP contribution in [-0.4, -0.2) is 49.6 Å². The Morgan fingerprint density at radius 2 is 2.00 bits per heavy atom. The Morgan fingerprint density at radius 3 is 2.48 bits per heavy atom. The number of carbonyl (C=O) groups excluding carboxylic acids is 1. The first kappa shape index (κ1) is 16.9. The molecule has 0 heterocycles. The second-order valence-corrected chi connectivity index (χ2v) is 6.63. The number of carboxylic acids is 1. The van der Waals surface area contributed by atoms with Crippen LogP contribution in [0.25, 0.3) is 0 Å². The second-order valence-electron chi connectivity index (χ2n) is 4.62. The summed E-state index contributed by atoms with van der Waals surface area (Å²) in [6.45, 7) is 4.72. The minimum absolute atomic E-state index is 0.0188. The number of sulfone groups is 1. The van der Waals surface area contributed by atoms with Crippen molar-refractivity contribution in [1.29, 1.82) is 0 Å². The van der Waals surface area contributed by atoms with Gasteiger partial charge in [-0.2, -0.15) is 0 Å². The minimum Gasteiger partial charge on any atom is -0.480 e. The summed E-state index contributed by atoms with van der Waals surface area (Å²) in [7, 11) is -3.44. The van der Waals surface area contributed by atoms with Crippen molar-refractivity contribution in [3.05, 3.63) is 42.0 Å². The smallest absolute Gasteiger partial charge is 0.323 e. The number of amides is 1. The van der Waals surface area contributed by atoms with Gasteiger partial charge in [0.15, 0.2) is 9.84 Å². The van der Waals surface area contributed by atoms with E-state index >= 15 is 0 Å². The Balaban J connectivity index is 3.26. The highest BCUT2D eigenvalue weighted by Crippen LogP contribution is 2.17. The predicted molar refractivity (Wildman–Crippen MR) is 78.0 cm³/mol. The van der Waals surface area contributed by atoms with Crippen LogP contribution in [0.5, 0.6) is 0 Å². The summed E-state index contributed by atoms with van der Waals surface area (Å²) in [4.78, 5) is 24.3. The van der Waals surface area contributed by atoms with Gasteiger partial charge < -0.3 is 10.0 Å². The Bertz CT molecular complexity index is 679. The Hall–Kier alpha value is -2.15. The van der Waals surface area contributed by atoms with Crippen LogP contribution in [0.3, 0.4) is 0 Å². The van der Waals surface area contributed by atoms with Gasteiger partial charge in [0.05, 0.1) is 4.90 Å². The third kappa shape index (κ3) is 4.42. The van der Waals surface area contributed by atoms with Gasteiger partial charge in [0.25, 0.3) is 5.91 Å². The standard InChI is InChI=1S/C14H17NO5S/c1-4-7-15(9-13(16)17)14(18)12-8-11(21(3,19)20)6-5-10(12)2/h4-6,8H,1,7,9H2,2-3H3,(H,16,17). The first-order valence-electron chi connectivity index (χ1n) is 6.09. The number of carboxylic acid groups (broad SMARTS) is 1. The van der Waals surface area contributed by atoms with Crippen LogP contribution in [0.4, 0.5) is 0 Å². The van der Waals surface area contributed by atoms with Crippen molar-refractivity contribution in [3.8, 4) is 0 Å². The van der Waals surface area contributed by atoms with Crippen molar-refractivity contribution in [3.63, 3.8) is 0 Å². The molecule has 1 rings (SSSR count). The lowest BCUT2D eigenvalue weighted by Gasteiger charge is -2.20. The molecule has 114 valence electrons. The summed E-state index contributed by atoms with van der Waals surface area (Å²) in [5.41, 5.74) is 0.743. The largest absolute Gasteiger partial charge is 0.480 e. The molecule has 0 radical (unpaired) electrons. The number of carbonyl (C=O) groups is 2. The highest BCUT2D eigenvalue weighted by atomic mass is 32.2. The first-order chi connectivity index (χ1) is 9.66. The van der Waals surface area contributed by atoms with Crippen molar-refractivity contribution in [1.82, 2.24) is 4.90 Å². The minimum atomic E-state index is -3.44. The van der Waals surface area contributed by atoms with Gasteiger partial charge >= 0.3 is 5.97 Å². The van der Waals surface area contributed by atoms with Crippen molar-refractivity contribution >= 4 is 21.7 Å². The van der Waals surface area contributed by atoms with E-state index in [1.54, 1.807) is 6.92 Å². The fourth-order valence-electron chi connectivity index (χ4n) is 1.77. The molecule has 1 aromatic carbocycles. The van der Waals surface area contributed by atoms with Crippen molar-refractivity contribution in [2.45, 2.75) is 11.8 Å². The number of hydrogen-bond acceptors (Lipinski definition) is 4. The number of benzene rings is 1. The molecule has 0 fully saturated rings. The lowest BCUT2D eigenvalue weighted by atomic mass is 10.1. The van der Waals surface area contributed by atoms with E-state index in [0.29, 0.717) is 5.56 Å². The highest BCUT2D eigenvalue weighted by Gasteiger charge is 2.21. The lowest BCUT2D eigenvalue weighted by Crippen LogP contribution is -2.36. The number of nitrogens with zero attached hydrogens (tertiary/aromatic N) is 1. The van der Waals surface area contributed by atoms with E-state index in [-0.39, 0.29) is 17.0 Å². The molecule has 1 N–H and O–H groups in total. The van der Waals surface area contributed by atoms with E-state index in [1.165, 1.54) is 24.3 Å². The van der Waals surface area contributed by atoms with E-state index in [9.17, 15) is 18.0 Å². The summed E-state index contributed by atoms with van der Waals surface area (Å²) >= 11 is 0. The molecule has 0 aliphatic heterocycles. The van der Waals surface area contributed by atoms with E-state index < -0.39 is 28.3 Å². The zero-order valence-corrected chi connectivity index (χ0v) is 12.7. The topological polar surface area (TPSA) is 91.8 Å². The molecule has 0 saturated heterocycles. The molecule has 7 heteroatoms. The highest BCUT2D eigenvalue weighted by molar-refractivity contribution is 7.90. The van der Waals surface area contributed by atoms with Crippen LogP contribution in [0.1, 0.15) is 15.9 Å². The molecule has 0 spiro atoms. The fourth-order valence-corrected chi connectivity index (χ4v) is 2.42. The van der Waals surface area contributed by atoms with Gasteiger partial charge in [-0.3, -0.25) is 9.59 Å². The van der Waals surface area contributed by atoms with Crippen molar-refractivity contribution < 1.29 is 23.1 Å². The zero-order valence-electron chi connectivity index (χ0n) is 11.9. The van der Waals surface area contributed by atoms with Crippen LogP contribution in [0.15, 0.2) is 35.7 Å². The van der Waals surface area contributed by atoms with E-state index in [4.69, 9.17) is 5.11 Å². The maximum Gasteiger partial charge on any atom is 0.323 e. The van der Waals surface area contributed by atoms with Crippen LogP contribution in [0, 0.1) is 6.92 Å². The van der Waals surface area contributed by atoms with Gasteiger partial charge in [-0.05, 0) is 24.6 Å². The molecule has 0 aliphatic carbocycles. The molecule has 0 aromatic heterocycles. The number of hydrogen-bond donors (Lipinski definition) is 1. The number of aliphatic carboxylic acids is 1. The summed E-state index contributed by atoms with van der Waals surface area (Å²) in [5, 5.41) is 8.84. The number of rotatable bonds is 6.